The van der Waals surface area contributed by atoms with Gasteiger partial charge in [-0.3, -0.25) is 5.26 Å². The predicted molar refractivity (Wildman–Crippen MR) is 103 cm³/mol. The smallest absolute Gasteiger partial charge is 0.338 e. The third-order valence-corrected chi connectivity index (χ3v) is 4.44. The first-order valence-corrected chi connectivity index (χ1v) is 9.03. The standard InChI is InChI=1S/C21H30O6/c1-14(2)8-6-9-15(3)10-7-11-16-12-17(20(22)25-4)18(21(23)26-5)13-19(16)27-24/h8,10,12,19,24H,6-7,9,11,13H2,1-5H3/b15-10+. The Bertz CT molecular complexity index is 662. The summed E-state index contributed by atoms with van der Waals surface area (Å²) in [7, 11) is 2.49. The van der Waals surface area contributed by atoms with Crippen molar-refractivity contribution < 1.29 is 29.2 Å². The van der Waals surface area contributed by atoms with Gasteiger partial charge in [0.25, 0.3) is 0 Å². The van der Waals surface area contributed by atoms with E-state index in [1.807, 2.05) is 0 Å². The second-order valence-corrected chi connectivity index (χ2v) is 6.80. The minimum Gasteiger partial charge on any atom is -0.466 e. The third kappa shape index (κ3) is 7.15. The molecule has 0 aromatic carbocycles. The molecule has 6 nitrogen and oxygen atoms in total. The Hall–Kier alpha value is -2.18. The molecule has 0 fully saturated rings. The fraction of sp³-hybridized carbons (Fsp3) is 0.524. The molecule has 0 heterocycles. The molecule has 1 rings (SSSR count). The molecule has 6 heteroatoms. The Balaban J connectivity index is 2.91. The average Bonchev–Trinajstić information content (AvgIpc) is 2.65. The van der Waals surface area contributed by atoms with Gasteiger partial charge >= 0.3 is 11.9 Å². The lowest BCUT2D eigenvalue weighted by atomic mass is 9.87. The van der Waals surface area contributed by atoms with Crippen LogP contribution in [0.4, 0.5) is 0 Å². The van der Waals surface area contributed by atoms with Crippen LogP contribution in [0.25, 0.3) is 0 Å². The molecular weight excluding hydrogens is 348 g/mol. The highest BCUT2D eigenvalue weighted by molar-refractivity contribution is 6.03. The minimum atomic E-state index is -0.688. The van der Waals surface area contributed by atoms with Gasteiger partial charge in [-0.2, -0.15) is 0 Å². The van der Waals surface area contributed by atoms with Crippen molar-refractivity contribution >= 4 is 11.9 Å². The molecule has 150 valence electrons. The summed E-state index contributed by atoms with van der Waals surface area (Å²) in [5.74, 6) is -1.25. The number of hydrogen-bond donors (Lipinski definition) is 1. The summed E-state index contributed by atoms with van der Waals surface area (Å²) in [6.07, 6.45) is 8.62. The van der Waals surface area contributed by atoms with Crippen molar-refractivity contribution in [2.24, 2.45) is 0 Å². The van der Waals surface area contributed by atoms with E-state index in [1.54, 1.807) is 6.08 Å². The lowest BCUT2D eigenvalue weighted by molar-refractivity contribution is -0.268. The van der Waals surface area contributed by atoms with Crippen LogP contribution >= 0.6 is 0 Å². The highest BCUT2D eigenvalue weighted by Gasteiger charge is 2.31. The first kappa shape index (κ1) is 22.9. The van der Waals surface area contributed by atoms with Crippen molar-refractivity contribution in [3.8, 4) is 0 Å². The van der Waals surface area contributed by atoms with Crippen molar-refractivity contribution in [2.75, 3.05) is 14.2 Å². The molecular formula is C21H30O6. The summed E-state index contributed by atoms with van der Waals surface area (Å²) < 4.78 is 9.49. The molecule has 0 saturated heterocycles. The minimum absolute atomic E-state index is 0.0582. The van der Waals surface area contributed by atoms with Crippen LogP contribution in [-0.2, 0) is 24.0 Å². The highest BCUT2D eigenvalue weighted by atomic mass is 17.1. The number of rotatable bonds is 9. The van der Waals surface area contributed by atoms with Crippen molar-refractivity contribution in [3.05, 3.63) is 46.1 Å². The second kappa shape index (κ2) is 11.5. The number of esters is 2. The van der Waals surface area contributed by atoms with E-state index >= 15 is 0 Å². The largest absolute Gasteiger partial charge is 0.466 e. The normalized spacial score (nSPS) is 17.3. The number of ether oxygens (including phenoxy) is 2. The molecule has 0 saturated carbocycles. The summed E-state index contributed by atoms with van der Waals surface area (Å²) >= 11 is 0. The SMILES string of the molecule is COC(=O)C1=C(C(=O)OC)CC(OO)C(CC/C=C(\C)CCC=C(C)C)=C1. The molecule has 1 unspecified atom stereocenters. The molecule has 0 amide bonds. The zero-order valence-electron chi connectivity index (χ0n) is 16.8. The Morgan fingerprint density at radius 3 is 2.33 bits per heavy atom. The van der Waals surface area contributed by atoms with E-state index in [-0.39, 0.29) is 17.6 Å². The maximum Gasteiger partial charge on any atom is 0.338 e. The molecule has 1 aliphatic rings. The molecule has 0 bridgehead atoms. The fourth-order valence-corrected chi connectivity index (χ4v) is 2.91. The van der Waals surface area contributed by atoms with E-state index < -0.39 is 18.0 Å². The maximum atomic E-state index is 12.0. The van der Waals surface area contributed by atoms with Gasteiger partial charge in [0.05, 0.1) is 25.4 Å². The van der Waals surface area contributed by atoms with E-state index in [2.05, 4.69) is 37.8 Å². The van der Waals surface area contributed by atoms with Crippen LogP contribution in [0.5, 0.6) is 0 Å². The Morgan fingerprint density at radius 1 is 1.11 bits per heavy atom. The van der Waals surface area contributed by atoms with Gasteiger partial charge in [-0.25, -0.2) is 14.5 Å². The van der Waals surface area contributed by atoms with Crippen LogP contribution in [0.2, 0.25) is 0 Å². The lowest BCUT2D eigenvalue weighted by Crippen LogP contribution is -2.26. The van der Waals surface area contributed by atoms with Crippen molar-refractivity contribution in [2.45, 2.75) is 59.0 Å². The van der Waals surface area contributed by atoms with Crippen LogP contribution in [-0.4, -0.2) is 37.5 Å². The van der Waals surface area contributed by atoms with Gasteiger partial charge in [-0.05, 0) is 58.1 Å². The first-order valence-electron chi connectivity index (χ1n) is 9.03. The van der Waals surface area contributed by atoms with Gasteiger partial charge in [0, 0.05) is 6.42 Å². The van der Waals surface area contributed by atoms with Crippen LogP contribution in [0.3, 0.4) is 0 Å². The van der Waals surface area contributed by atoms with Gasteiger partial charge < -0.3 is 9.47 Å². The number of carbonyl (C=O) groups is 2. The molecule has 1 N–H and O–H groups in total. The number of carbonyl (C=O) groups excluding carboxylic acids is 2. The quantitative estimate of drug-likeness (QED) is 0.279. The summed E-state index contributed by atoms with van der Waals surface area (Å²) in [6, 6.07) is 0. The van der Waals surface area contributed by atoms with E-state index in [0.717, 1.165) is 24.8 Å². The molecule has 0 aromatic rings. The van der Waals surface area contributed by atoms with Crippen LogP contribution in [0.1, 0.15) is 52.9 Å². The molecule has 27 heavy (non-hydrogen) atoms. The van der Waals surface area contributed by atoms with Crippen LogP contribution < -0.4 is 0 Å². The van der Waals surface area contributed by atoms with Crippen LogP contribution in [0, 0.1) is 0 Å². The Labute approximate surface area is 161 Å². The molecule has 1 atom stereocenters. The van der Waals surface area contributed by atoms with Gasteiger partial charge in [0.2, 0.25) is 0 Å². The Kier molecular flexibility index (Phi) is 9.75. The summed E-state index contributed by atoms with van der Waals surface area (Å²) in [5.41, 5.74) is 3.61. The highest BCUT2D eigenvalue weighted by Crippen LogP contribution is 2.30. The maximum absolute atomic E-state index is 12.0. The zero-order chi connectivity index (χ0) is 20.4. The summed E-state index contributed by atoms with van der Waals surface area (Å²) in [5, 5.41) is 9.24. The number of methoxy groups -OCH3 is 2. The summed E-state index contributed by atoms with van der Waals surface area (Å²) in [4.78, 5) is 28.5. The van der Waals surface area contributed by atoms with E-state index in [0.29, 0.717) is 6.42 Å². The van der Waals surface area contributed by atoms with E-state index in [1.165, 1.54) is 25.4 Å². The molecule has 0 aromatic heterocycles. The topological polar surface area (TPSA) is 82.1 Å². The van der Waals surface area contributed by atoms with E-state index in [4.69, 9.17) is 9.47 Å². The lowest BCUT2D eigenvalue weighted by Gasteiger charge is -2.24. The van der Waals surface area contributed by atoms with E-state index in [9.17, 15) is 14.8 Å². The summed E-state index contributed by atoms with van der Waals surface area (Å²) in [6.45, 7) is 6.25. The van der Waals surface area contributed by atoms with Gasteiger partial charge in [-0.15, -0.1) is 0 Å². The van der Waals surface area contributed by atoms with Crippen molar-refractivity contribution in [1.82, 2.24) is 0 Å². The second-order valence-electron chi connectivity index (χ2n) is 6.80. The molecule has 0 spiro atoms. The fourth-order valence-electron chi connectivity index (χ4n) is 2.91. The molecule has 0 aliphatic heterocycles. The van der Waals surface area contributed by atoms with Gasteiger partial charge in [0.15, 0.2) is 0 Å². The van der Waals surface area contributed by atoms with Crippen molar-refractivity contribution in [3.63, 3.8) is 0 Å². The number of hydrogen-bond acceptors (Lipinski definition) is 6. The average molecular weight is 378 g/mol. The van der Waals surface area contributed by atoms with Crippen LogP contribution in [0.15, 0.2) is 46.1 Å². The Morgan fingerprint density at radius 2 is 1.78 bits per heavy atom. The number of allylic oxidation sites excluding steroid dienone is 4. The molecule has 0 radical (unpaired) electrons. The monoisotopic (exact) mass is 378 g/mol. The zero-order valence-corrected chi connectivity index (χ0v) is 16.8. The van der Waals surface area contributed by atoms with Crippen molar-refractivity contribution in [1.29, 1.82) is 0 Å². The first-order chi connectivity index (χ1) is 12.8. The third-order valence-electron chi connectivity index (χ3n) is 4.44. The van der Waals surface area contributed by atoms with Gasteiger partial charge in [0.1, 0.15) is 6.10 Å². The molecule has 1 aliphatic carbocycles. The van der Waals surface area contributed by atoms with Gasteiger partial charge in [-0.1, -0.05) is 23.3 Å². The predicted octanol–water partition coefficient (Wildman–Crippen LogP) is 4.29.